The number of rotatable bonds is 6. The fraction of sp³-hybridized carbons (Fsp3) is 0.333. The number of primary amides is 1. The number of nitrogens with zero attached hydrogens (tertiary/aromatic N) is 1. The molecule has 156 valence electrons. The molecule has 0 saturated heterocycles. The lowest BCUT2D eigenvalue weighted by atomic mass is 9.85. The maximum atomic E-state index is 12.2. The van der Waals surface area contributed by atoms with Crippen LogP contribution in [0.25, 0.3) is 10.9 Å². The zero-order valence-corrected chi connectivity index (χ0v) is 17.2. The monoisotopic (exact) mass is 406 g/mol. The smallest absolute Gasteiger partial charge is 0.329 e. The van der Waals surface area contributed by atoms with Crippen LogP contribution in [0.15, 0.2) is 42.5 Å². The van der Waals surface area contributed by atoms with Gasteiger partial charge in [0.05, 0.1) is 6.10 Å². The van der Waals surface area contributed by atoms with Crippen molar-refractivity contribution in [2.24, 2.45) is 11.7 Å². The van der Waals surface area contributed by atoms with Gasteiger partial charge in [-0.3, -0.25) is 4.79 Å². The molecule has 2 aromatic carbocycles. The van der Waals surface area contributed by atoms with Crippen molar-refractivity contribution in [1.29, 1.82) is 0 Å². The summed E-state index contributed by atoms with van der Waals surface area (Å²) in [6.45, 7) is 4.49. The van der Waals surface area contributed by atoms with Gasteiger partial charge in [0.2, 0.25) is 5.91 Å². The number of nitrogens with two attached hydrogens (primary N) is 1. The Morgan fingerprint density at radius 3 is 2.70 bits per heavy atom. The number of carbonyl (C=O) groups is 2. The summed E-state index contributed by atoms with van der Waals surface area (Å²) in [4.78, 5) is 23.4. The molecule has 1 aromatic heterocycles. The van der Waals surface area contributed by atoms with Crippen molar-refractivity contribution in [2.45, 2.75) is 39.3 Å². The van der Waals surface area contributed by atoms with E-state index in [2.05, 4.69) is 36.6 Å². The minimum absolute atomic E-state index is 0.328. The number of fused-ring (bicyclic) bond motifs is 3. The number of aliphatic carboxylic acids is 1. The van der Waals surface area contributed by atoms with Gasteiger partial charge < -0.3 is 20.1 Å². The minimum atomic E-state index is -1.01. The maximum Gasteiger partial charge on any atom is 0.329 e. The molecule has 1 aliphatic carbocycles. The van der Waals surface area contributed by atoms with Crippen LogP contribution < -0.4 is 5.73 Å². The molecule has 0 aliphatic heterocycles. The molecule has 30 heavy (non-hydrogen) atoms. The van der Waals surface area contributed by atoms with Gasteiger partial charge in [-0.15, -0.1) is 0 Å². The second kappa shape index (κ2) is 7.95. The number of carboxylic acid groups (broad SMARTS) is 1. The number of aromatic nitrogens is 1. The normalized spacial score (nSPS) is 18.3. The van der Waals surface area contributed by atoms with E-state index >= 15 is 0 Å². The summed E-state index contributed by atoms with van der Waals surface area (Å²) in [6.07, 6.45) is 1.15. The molecule has 0 spiro atoms. The number of hydrogen-bond acceptors (Lipinski definition) is 3. The molecule has 6 heteroatoms. The predicted octanol–water partition coefficient (Wildman–Crippen LogP) is 3.82. The third-order valence-corrected chi connectivity index (χ3v) is 5.82. The van der Waals surface area contributed by atoms with Crippen LogP contribution >= 0.6 is 0 Å². The summed E-state index contributed by atoms with van der Waals surface area (Å²) in [5, 5.41) is 9.92. The van der Waals surface area contributed by atoms with E-state index in [-0.39, 0.29) is 12.7 Å². The maximum absolute atomic E-state index is 12.2. The summed E-state index contributed by atoms with van der Waals surface area (Å²) in [6, 6.07) is 13.9. The molecule has 3 N–H and O–H groups in total. The number of carbonyl (C=O) groups excluding carboxylic acids is 1. The molecular formula is C24H26N2O4. The Kier molecular flexibility index (Phi) is 5.35. The van der Waals surface area contributed by atoms with Gasteiger partial charge in [0.25, 0.3) is 0 Å². The van der Waals surface area contributed by atoms with Crippen LogP contribution in [0.1, 0.15) is 52.2 Å². The van der Waals surface area contributed by atoms with Crippen LogP contribution in [0, 0.1) is 12.8 Å². The molecule has 4 rings (SSSR count). The van der Waals surface area contributed by atoms with Crippen LogP contribution in [0.4, 0.5) is 0 Å². The van der Waals surface area contributed by atoms with Gasteiger partial charge in [-0.25, -0.2) is 4.79 Å². The minimum Gasteiger partial charge on any atom is -0.480 e. The lowest BCUT2D eigenvalue weighted by Gasteiger charge is -2.29. The summed E-state index contributed by atoms with van der Waals surface area (Å²) in [5.41, 5.74) is 11.4. The van der Waals surface area contributed by atoms with Crippen molar-refractivity contribution in [1.82, 2.24) is 4.57 Å². The highest BCUT2D eigenvalue weighted by Crippen LogP contribution is 2.43. The van der Waals surface area contributed by atoms with Gasteiger partial charge in [0.15, 0.2) is 0 Å². The number of benzene rings is 2. The van der Waals surface area contributed by atoms with Gasteiger partial charge in [-0.05, 0) is 43.4 Å². The van der Waals surface area contributed by atoms with Crippen molar-refractivity contribution in [3.05, 3.63) is 70.4 Å². The van der Waals surface area contributed by atoms with Gasteiger partial charge in [-0.2, -0.15) is 0 Å². The van der Waals surface area contributed by atoms with Crippen molar-refractivity contribution < 1.29 is 19.4 Å². The summed E-state index contributed by atoms with van der Waals surface area (Å²) >= 11 is 0. The SMILES string of the molecule is Cc1cccc(Cn2c3c(c4c(C(N)=O)cccc42)C(OCC(=O)O)CC(C)C3)c1. The largest absolute Gasteiger partial charge is 0.480 e. The second-order valence-electron chi connectivity index (χ2n) is 8.24. The Bertz CT molecular complexity index is 1130. The average Bonchev–Trinajstić information content (AvgIpc) is 2.99. The van der Waals surface area contributed by atoms with Gasteiger partial charge >= 0.3 is 5.97 Å². The van der Waals surface area contributed by atoms with Crippen LogP contribution in [-0.2, 0) is 22.5 Å². The highest BCUT2D eigenvalue weighted by Gasteiger charge is 2.33. The highest BCUT2D eigenvalue weighted by molar-refractivity contribution is 6.07. The number of aryl methyl sites for hydroxylation is 1. The molecule has 1 amide bonds. The van der Waals surface area contributed by atoms with Crippen molar-refractivity contribution >= 4 is 22.8 Å². The summed E-state index contributed by atoms with van der Waals surface area (Å²) < 4.78 is 8.04. The fourth-order valence-electron chi connectivity index (χ4n) is 4.65. The quantitative estimate of drug-likeness (QED) is 0.651. The summed E-state index contributed by atoms with van der Waals surface area (Å²) in [5.74, 6) is -1.17. The van der Waals surface area contributed by atoms with E-state index in [1.165, 1.54) is 11.1 Å². The van der Waals surface area contributed by atoms with Crippen molar-refractivity contribution in [2.75, 3.05) is 6.61 Å². The lowest BCUT2D eigenvalue weighted by Crippen LogP contribution is -2.23. The summed E-state index contributed by atoms with van der Waals surface area (Å²) in [7, 11) is 0. The third-order valence-electron chi connectivity index (χ3n) is 5.82. The number of ether oxygens (including phenoxy) is 1. The van der Waals surface area contributed by atoms with Crippen LogP contribution in [0.3, 0.4) is 0 Å². The molecule has 6 nitrogen and oxygen atoms in total. The average molecular weight is 406 g/mol. The van der Waals surface area contributed by atoms with Gasteiger partial charge in [0.1, 0.15) is 6.61 Å². The van der Waals surface area contributed by atoms with E-state index in [4.69, 9.17) is 15.6 Å². The first kappa shape index (κ1) is 20.2. The number of hydrogen-bond donors (Lipinski definition) is 2. The van der Waals surface area contributed by atoms with Gasteiger partial charge in [-0.1, -0.05) is 42.8 Å². The molecule has 2 atom stereocenters. The Morgan fingerprint density at radius 1 is 1.23 bits per heavy atom. The zero-order chi connectivity index (χ0) is 21.4. The van der Waals surface area contributed by atoms with Crippen molar-refractivity contribution in [3.8, 4) is 0 Å². The van der Waals surface area contributed by atoms with E-state index in [0.29, 0.717) is 24.4 Å². The Morgan fingerprint density at radius 2 is 2.00 bits per heavy atom. The zero-order valence-electron chi connectivity index (χ0n) is 17.2. The van der Waals surface area contributed by atoms with E-state index in [1.807, 2.05) is 18.2 Å². The number of carboxylic acids is 1. The molecule has 0 saturated carbocycles. The highest BCUT2D eigenvalue weighted by atomic mass is 16.5. The first-order valence-electron chi connectivity index (χ1n) is 10.2. The topological polar surface area (TPSA) is 94.5 Å². The van der Waals surface area contributed by atoms with E-state index in [1.54, 1.807) is 6.07 Å². The van der Waals surface area contributed by atoms with E-state index in [9.17, 15) is 9.59 Å². The predicted molar refractivity (Wildman–Crippen MR) is 115 cm³/mol. The number of amides is 1. The molecule has 1 heterocycles. The Balaban J connectivity index is 1.94. The molecule has 0 fully saturated rings. The fourth-order valence-corrected chi connectivity index (χ4v) is 4.65. The van der Waals surface area contributed by atoms with E-state index in [0.717, 1.165) is 28.6 Å². The molecule has 1 aliphatic rings. The molecular weight excluding hydrogens is 380 g/mol. The first-order chi connectivity index (χ1) is 14.3. The van der Waals surface area contributed by atoms with E-state index < -0.39 is 11.9 Å². The van der Waals surface area contributed by atoms with Crippen molar-refractivity contribution in [3.63, 3.8) is 0 Å². The Labute approximate surface area is 175 Å². The Hall–Kier alpha value is -3.12. The third kappa shape index (κ3) is 3.71. The van der Waals surface area contributed by atoms with Crippen LogP contribution in [-0.4, -0.2) is 28.2 Å². The lowest BCUT2D eigenvalue weighted by molar-refractivity contribution is -0.145. The standard InChI is InChI=1S/C24H26N2O4/c1-14-5-3-6-16(9-14)12-26-18-8-4-7-17(24(25)29)22(18)23-19(26)10-15(2)11-20(23)30-13-21(27)28/h3-9,15,20H,10-13H2,1-2H3,(H2,25,29)(H,27,28). The molecule has 2 unspecified atom stereocenters. The molecule has 3 aromatic rings. The second-order valence-corrected chi connectivity index (χ2v) is 8.24. The molecule has 0 radical (unpaired) electrons. The van der Waals surface area contributed by atoms with Crippen LogP contribution in [0.5, 0.6) is 0 Å². The first-order valence-corrected chi connectivity index (χ1v) is 10.2. The molecule has 0 bridgehead atoms. The van der Waals surface area contributed by atoms with Gasteiger partial charge in [0, 0.05) is 34.3 Å². The van der Waals surface area contributed by atoms with Crippen LogP contribution in [0.2, 0.25) is 0 Å².